The van der Waals surface area contributed by atoms with Gasteiger partial charge in [-0.05, 0) is 97.8 Å². The van der Waals surface area contributed by atoms with Gasteiger partial charge in [0.15, 0.2) is 11.6 Å². The third-order valence-corrected chi connectivity index (χ3v) is 8.89. The van der Waals surface area contributed by atoms with Crippen LogP contribution in [-0.2, 0) is 9.59 Å². The maximum Gasteiger partial charge on any atom is 0.178 e. The monoisotopic (exact) mass is 430 g/mol. The van der Waals surface area contributed by atoms with Gasteiger partial charge < -0.3 is 4.74 Å². The molecule has 168 valence electrons. The second-order valence-electron chi connectivity index (χ2n) is 10.7. The molecule has 1 aromatic carbocycles. The number of ether oxygens (including phenoxy) is 1. The van der Waals surface area contributed by atoms with Crippen LogP contribution in [0.15, 0.2) is 53.6 Å². The van der Waals surface area contributed by atoms with Gasteiger partial charge in [-0.2, -0.15) is 0 Å². The number of hydrogen-bond donors (Lipinski definition) is 0. The van der Waals surface area contributed by atoms with Crippen molar-refractivity contribution in [1.82, 2.24) is 0 Å². The summed E-state index contributed by atoms with van der Waals surface area (Å²) in [5, 5.41) is 0. The van der Waals surface area contributed by atoms with Crippen LogP contribution in [0.4, 0.5) is 0 Å². The SMILES string of the molecule is CCCOc1ccc(C=C2C[C@H]3[C@@H]4CCC5=CC(=O)C=C[C@]5(C)[C@H]4CC[C@]3(C)C2=O)cc1. The van der Waals surface area contributed by atoms with E-state index in [1.807, 2.05) is 18.2 Å². The van der Waals surface area contributed by atoms with Crippen LogP contribution in [0.3, 0.4) is 0 Å². The minimum Gasteiger partial charge on any atom is -0.494 e. The second-order valence-corrected chi connectivity index (χ2v) is 10.7. The molecule has 0 unspecified atom stereocenters. The van der Waals surface area contributed by atoms with Crippen molar-refractivity contribution in [3.8, 4) is 5.75 Å². The molecule has 0 amide bonds. The number of allylic oxidation sites excluding steroid dienone is 5. The van der Waals surface area contributed by atoms with Crippen molar-refractivity contribution in [1.29, 1.82) is 0 Å². The summed E-state index contributed by atoms with van der Waals surface area (Å²) in [5.74, 6) is 2.82. The number of carbonyl (C=O) groups excluding carboxylic acids is 2. The molecule has 3 saturated carbocycles. The second kappa shape index (κ2) is 7.86. The molecule has 3 fully saturated rings. The summed E-state index contributed by atoms with van der Waals surface area (Å²) in [7, 11) is 0. The minimum atomic E-state index is -0.247. The summed E-state index contributed by atoms with van der Waals surface area (Å²) in [6.45, 7) is 7.35. The van der Waals surface area contributed by atoms with Crippen molar-refractivity contribution in [3.05, 3.63) is 59.2 Å². The highest BCUT2D eigenvalue weighted by Gasteiger charge is 2.59. The van der Waals surface area contributed by atoms with Crippen molar-refractivity contribution in [2.24, 2.45) is 28.6 Å². The number of benzene rings is 1. The molecule has 0 aliphatic heterocycles. The van der Waals surface area contributed by atoms with Crippen LogP contribution in [0.5, 0.6) is 5.75 Å². The number of rotatable bonds is 4. The van der Waals surface area contributed by atoms with E-state index in [2.05, 4.69) is 45.1 Å². The molecule has 1 aromatic rings. The van der Waals surface area contributed by atoms with Gasteiger partial charge in [-0.15, -0.1) is 0 Å². The quantitative estimate of drug-likeness (QED) is 0.523. The Balaban J connectivity index is 1.40. The smallest absolute Gasteiger partial charge is 0.178 e. The predicted molar refractivity (Wildman–Crippen MR) is 127 cm³/mol. The van der Waals surface area contributed by atoms with Crippen LogP contribution in [-0.4, -0.2) is 18.2 Å². The van der Waals surface area contributed by atoms with Gasteiger partial charge in [-0.3, -0.25) is 9.59 Å². The fourth-order valence-electron chi connectivity index (χ4n) is 7.08. The summed E-state index contributed by atoms with van der Waals surface area (Å²) in [6.07, 6.45) is 13.9. The lowest BCUT2D eigenvalue weighted by Gasteiger charge is -2.55. The zero-order chi connectivity index (χ0) is 22.5. The lowest BCUT2D eigenvalue weighted by molar-refractivity contribution is -0.129. The van der Waals surface area contributed by atoms with E-state index in [0.29, 0.717) is 23.5 Å². The normalized spacial score (nSPS) is 37.0. The first-order valence-corrected chi connectivity index (χ1v) is 12.3. The predicted octanol–water partition coefficient (Wildman–Crippen LogP) is 6.35. The highest BCUT2D eigenvalue weighted by Crippen LogP contribution is 2.64. The highest BCUT2D eigenvalue weighted by molar-refractivity contribution is 6.06. The minimum absolute atomic E-state index is 0.0258. The summed E-state index contributed by atoms with van der Waals surface area (Å²) in [6, 6.07) is 8.11. The lowest BCUT2D eigenvalue weighted by atomic mass is 9.48. The van der Waals surface area contributed by atoms with E-state index in [4.69, 9.17) is 4.74 Å². The molecule has 0 radical (unpaired) electrons. The third-order valence-electron chi connectivity index (χ3n) is 8.89. The molecule has 3 heteroatoms. The average Bonchev–Trinajstić information content (AvgIpc) is 3.04. The highest BCUT2D eigenvalue weighted by atomic mass is 16.5. The van der Waals surface area contributed by atoms with Gasteiger partial charge in [0.25, 0.3) is 0 Å². The van der Waals surface area contributed by atoms with Gasteiger partial charge in [0.05, 0.1) is 6.61 Å². The Kier molecular flexibility index (Phi) is 5.27. The molecular formula is C29H34O3. The van der Waals surface area contributed by atoms with Gasteiger partial charge >= 0.3 is 0 Å². The van der Waals surface area contributed by atoms with E-state index in [0.717, 1.165) is 62.0 Å². The van der Waals surface area contributed by atoms with E-state index >= 15 is 0 Å². The van der Waals surface area contributed by atoms with E-state index in [9.17, 15) is 9.59 Å². The van der Waals surface area contributed by atoms with Crippen molar-refractivity contribution in [3.63, 3.8) is 0 Å². The third kappa shape index (κ3) is 3.32. The molecule has 3 nitrogen and oxygen atoms in total. The zero-order valence-electron chi connectivity index (χ0n) is 19.5. The molecule has 32 heavy (non-hydrogen) atoms. The Labute approximate surface area is 191 Å². The number of ketones is 2. The van der Waals surface area contributed by atoms with Gasteiger partial charge in [0.2, 0.25) is 0 Å². The topological polar surface area (TPSA) is 43.4 Å². The molecule has 5 atom stereocenters. The van der Waals surface area contributed by atoms with E-state index in [1.54, 1.807) is 6.08 Å². The molecule has 0 saturated heterocycles. The first-order valence-electron chi connectivity index (χ1n) is 12.3. The van der Waals surface area contributed by atoms with E-state index in [1.165, 1.54) is 5.57 Å². The van der Waals surface area contributed by atoms with Crippen LogP contribution >= 0.6 is 0 Å². The lowest BCUT2D eigenvalue weighted by Crippen LogP contribution is -2.49. The number of Topliss-reactive ketones (excluding diaryl/α,β-unsaturated/α-hetero) is 1. The van der Waals surface area contributed by atoms with Crippen molar-refractivity contribution < 1.29 is 14.3 Å². The van der Waals surface area contributed by atoms with Gasteiger partial charge in [0, 0.05) is 10.8 Å². The molecule has 5 rings (SSSR count). The van der Waals surface area contributed by atoms with E-state index < -0.39 is 0 Å². The molecule has 4 aliphatic rings. The maximum absolute atomic E-state index is 13.6. The summed E-state index contributed by atoms with van der Waals surface area (Å²) >= 11 is 0. The van der Waals surface area contributed by atoms with Crippen molar-refractivity contribution >= 4 is 17.6 Å². The number of hydrogen-bond acceptors (Lipinski definition) is 3. The molecule has 0 spiro atoms. The molecular weight excluding hydrogens is 396 g/mol. The van der Waals surface area contributed by atoms with Crippen molar-refractivity contribution in [2.45, 2.75) is 59.3 Å². The fraction of sp³-hybridized carbons (Fsp3) is 0.517. The maximum atomic E-state index is 13.6. The van der Waals surface area contributed by atoms with Crippen LogP contribution in [0, 0.1) is 28.6 Å². The van der Waals surface area contributed by atoms with Crippen LogP contribution in [0.1, 0.15) is 64.9 Å². The molecule has 0 aromatic heterocycles. The fourth-order valence-corrected chi connectivity index (χ4v) is 7.08. The first kappa shape index (κ1) is 21.4. The van der Waals surface area contributed by atoms with Crippen LogP contribution in [0.25, 0.3) is 6.08 Å². The Hall–Kier alpha value is -2.42. The Morgan fingerprint density at radius 3 is 2.62 bits per heavy atom. The van der Waals surface area contributed by atoms with Gasteiger partial charge in [-0.1, -0.05) is 44.6 Å². The largest absolute Gasteiger partial charge is 0.494 e. The first-order chi connectivity index (χ1) is 15.3. The number of fused-ring (bicyclic) bond motifs is 5. The Morgan fingerprint density at radius 2 is 1.88 bits per heavy atom. The summed E-state index contributed by atoms with van der Waals surface area (Å²) in [5.41, 5.74) is 3.09. The van der Waals surface area contributed by atoms with E-state index in [-0.39, 0.29) is 16.6 Å². The molecule has 0 bridgehead atoms. The van der Waals surface area contributed by atoms with Crippen LogP contribution in [0.2, 0.25) is 0 Å². The Morgan fingerprint density at radius 1 is 1.09 bits per heavy atom. The van der Waals surface area contributed by atoms with Crippen molar-refractivity contribution in [2.75, 3.05) is 6.61 Å². The zero-order valence-corrected chi connectivity index (χ0v) is 19.5. The van der Waals surface area contributed by atoms with Gasteiger partial charge in [0.1, 0.15) is 5.75 Å². The summed E-state index contributed by atoms with van der Waals surface area (Å²) in [4.78, 5) is 25.6. The number of carbonyl (C=O) groups is 2. The van der Waals surface area contributed by atoms with Gasteiger partial charge in [-0.25, -0.2) is 0 Å². The molecule has 0 heterocycles. The standard InChI is InChI=1S/C29H34O3/c1-4-15-32-23-8-5-19(6-9-23)16-20-17-26-24-10-7-21-18-22(30)11-13-28(21,2)25(24)12-14-29(26,3)27(20)31/h5-6,8-9,11,13,16,18,24-26H,4,7,10,12,14-15,17H2,1-3H3/t24-,25+,26+,28+,29+/m1/s1. The average molecular weight is 431 g/mol. The summed E-state index contributed by atoms with van der Waals surface area (Å²) < 4.78 is 5.69. The van der Waals surface area contributed by atoms with Crippen LogP contribution < -0.4 is 4.74 Å². The molecule has 4 aliphatic carbocycles. The molecule has 0 N–H and O–H groups in total. The Bertz CT molecular complexity index is 1030.